The van der Waals surface area contributed by atoms with Crippen LogP contribution in [0.25, 0.3) is 0 Å². The number of aromatic nitrogens is 3. The second-order valence-corrected chi connectivity index (χ2v) is 7.61. The highest BCUT2D eigenvalue weighted by Crippen LogP contribution is 2.26. The van der Waals surface area contributed by atoms with Crippen LogP contribution < -0.4 is 15.0 Å². The zero-order valence-electron chi connectivity index (χ0n) is 15.5. The van der Waals surface area contributed by atoms with E-state index in [1.807, 2.05) is 0 Å². The Bertz CT molecular complexity index is 790. The van der Waals surface area contributed by atoms with E-state index in [1.165, 1.54) is 11.3 Å². The van der Waals surface area contributed by atoms with Crippen molar-refractivity contribution in [2.45, 2.75) is 12.8 Å². The molecule has 0 radical (unpaired) electrons. The Morgan fingerprint density at radius 1 is 1.21 bits per heavy atom. The highest BCUT2D eigenvalue weighted by atomic mass is 32.1. The van der Waals surface area contributed by atoms with Crippen molar-refractivity contribution in [1.82, 2.24) is 15.2 Å². The van der Waals surface area contributed by atoms with E-state index in [0.29, 0.717) is 60.5 Å². The molecule has 2 saturated heterocycles. The third-order valence-corrected chi connectivity index (χ3v) is 5.50. The number of carbonyl (C=O) groups is 1. The first-order valence-corrected chi connectivity index (χ1v) is 10.2. The number of morpholine rings is 1. The molecule has 0 spiro atoms. The minimum Gasteiger partial charge on any atom is -0.469 e. The SMILES string of the molecule is O=C(Nc1nnc(OCC2CCOCC2)s1)c1cccnc1N1CCOCC1. The van der Waals surface area contributed by atoms with Gasteiger partial charge < -0.3 is 19.1 Å². The van der Waals surface area contributed by atoms with E-state index >= 15 is 0 Å². The van der Waals surface area contributed by atoms with Gasteiger partial charge in [-0.1, -0.05) is 5.10 Å². The van der Waals surface area contributed by atoms with Crippen molar-refractivity contribution in [3.05, 3.63) is 23.9 Å². The molecular weight excluding hydrogens is 382 g/mol. The first-order valence-electron chi connectivity index (χ1n) is 9.43. The third kappa shape index (κ3) is 4.75. The summed E-state index contributed by atoms with van der Waals surface area (Å²) in [5.74, 6) is 0.868. The topological polar surface area (TPSA) is 98.7 Å². The molecule has 28 heavy (non-hydrogen) atoms. The van der Waals surface area contributed by atoms with Gasteiger partial charge in [0.05, 0.1) is 25.4 Å². The maximum atomic E-state index is 12.8. The highest BCUT2D eigenvalue weighted by Gasteiger charge is 2.21. The molecule has 10 heteroatoms. The van der Waals surface area contributed by atoms with E-state index in [2.05, 4.69) is 25.4 Å². The number of ether oxygens (including phenoxy) is 3. The van der Waals surface area contributed by atoms with E-state index in [-0.39, 0.29) is 5.91 Å². The van der Waals surface area contributed by atoms with Crippen LogP contribution in [0.3, 0.4) is 0 Å². The maximum absolute atomic E-state index is 12.8. The molecule has 0 aromatic carbocycles. The first-order chi connectivity index (χ1) is 13.8. The molecule has 1 N–H and O–H groups in total. The van der Waals surface area contributed by atoms with E-state index in [4.69, 9.17) is 14.2 Å². The van der Waals surface area contributed by atoms with Gasteiger partial charge in [0.1, 0.15) is 5.82 Å². The molecule has 9 nitrogen and oxygen atoms in total. The van der Waals surface area contributed by atoms with Crippen molar-refractivity contribution < 1.29 is 19.0 Å². The Morgan fingerprint density at radius 2 is 2.00 bits per heavy atom. The van der Waals surface area contributed by atoms with Crippen LogP contribution in [0.1, 0.15) is 23.2 Å². The van der Waals surface area contributed by atoms with Gasteiger partial charge in [-0.25, -0.2) is 4.98 Å². The predicted molar refractivity (Wildman–Crippen MR) is 104 cm³/mol. The fraction of sp³-hybridized carbons (Fsp3) is 0.556. The molecule has 2 aliphatic heterocycles. The predicted octanol–water partition coefficient (Wildman–Crippen LogP) is 1.83. The van der Waals surface area contributed by atoms with Gasteiger partial charge in [-0.3, -0.25) is 10.1 Å². The van der Waals surface area contributed by atoms with Gasteiger partial charge in [-0.05, 0) is 42.2 Å². The summed E-state index contributed by atoms with van der Waals surface area (Å²) < 4.78 is 16.5. The molecular formula is C18H23N5O4S. The monoisotopic (exact) mass is 405 g/mol. The molecule has 150 valence electrons. The summed E-state index contributed by atoms with van der Waals surface area (Å²) in [6, 6.07) is 3.51. The average molecular weight is 405 g/mol. The molecule has 4 rings (SSSR count). The van der Waals surface area contributed by atoms with Gasteiger partial charge in [0, 0.05) is 32.5 Å². The summed E-state index contributed by atoms with van der Waals surface area (Å²) in [5.41, 5.74) is 0.504. The molecule has 4 heterocycles. The Morgan fingerprint density at radius 3 is 2.82 bits per heavy atom. The summed E-state index contributed by atoms with van der Waals surface area (Å²) in [7, 11) is 0. The zero-order chi connectivity index (χ0) is 19.2. The molecule has 0 bridgehead atoms. The van der Waals surface area contributed by atoms with E-state index < -0.39 is 0 Å². The normalized spacial score (nSPS) is 18.1. The second kappa shape index (κ2) is 9.26. The van der Waals surface area contributed by atoms with Crippen molar-refractivity contribution in [3.63, 3.8) is 0 Å². The van der Waals surface area contributed by atoms with Crippen molar-refractivity contribution >= 4 is 28.2 Å². The molecule has 0 atom stereocenters. The van der Waals surface area contributed by atoms with Crippen molar-refractivity contribution in [1.29, 1.82) is 0 Å². The molecule has 2 fully saturated rings. The molecule has 2 aromatic rings. The summed E-state index contributed by atoms with van der Waals surface area (Å²) in [6.45, 7) is 4.82. The van der Waals surface area contributed by atoms with Crippen LogP contribution in [-0.4, -0.2) is 67.2 Å². The number of hydrogen-bond acceptors (Lipinski definition) is 9. The van der Waals surface area contributed by atoms with Crippen LogP contribution in [0.15, 0.2) is 18.3 Å². The van der Waals surface area contributed by atoms with Gasteiger partial charge in [0.2, 0.25) is 5.13 Å². The lowest BCUT2D eigenvalue weighted by molar-refractivity contribution is 0.0496. The number of amides is 1. The van der Waals surface area contributed by atoms with Crippen molar-refractivity contribution in [2.24, 2.45) is 5.92 Å². The quantitative estimate of drug-likeness (QED) is 0.777. The number of anilines is 2. The summed E-state index contributed by atoms with van der Waals surface area (Å²) in [5, 5.41) is 11.7. The van der Waals surface area contributed by atoms with Crippen LogP contribution in [0.4, 0.5) is 10.9 Å². The fourth-order valence-corrected chi connectivity index (χ4v) is 3.79. The molecule has 1 amide bonds. The van der Waals surface area contributed by atoms with Gasteiger partial charge in [0.15, 0.2) is 0 Å². The van der Waals surface area contributed by atoms with Gasteiger partial charge in [-0.2, -0.15) is 0 Å². The highest BCUT2D eigenvalue weighted by molar-refractivity contribution is 7.17. The molecule has 0 unspecified atom stereocenters. The number of carbonyl (C=O) groups excluding carboxylic acids is 1. The fourth-order valence-electron chi connectivity index (χ4n) is 3.19. The standard InChI is InChI=1S/C18H23N5O4S/c24-16(14-2-1-5-19-15(14)23-6-10-26-11-7-23)20-17-21-22-18(28-17)27-12-13-3-8-25-9-4-13/h1-2,5,13H,3-4,6-12H2,(H,20,21,24). The van der Waals surface area contributed by atoms with Crippen LogP contribution in [-0.2, 0) is 9.47 Å². The number of nitrogens with zero attached hydrogens (tertiary/aromatic N) is 4. The van der Waals surface area contributed by atoms with Crippen molar-refractivity contribution in [2.75, 3.05) is 56.3 Å². The zero-order valence-corrected chi connectivity index (χ0v) is 16.3. The number of hydrogen-bond donors (Lipinski definition) is 1. The maximum Gasteiger partial charge on any atom is 0.295 e. The Kier molecular flexibility index (Phi) is 6.30. The first kappa shape index (κ1) is 19.0. The average Bonchev–Trinajstić information content (AvgIpc) is 3.21. The number of nitrogens with one attached hydrogen (secondary N) is 1. The third-order valence-electron chi connectivity index (χ3n) is 4.75. The van der Waals surface area contributed by atoms with Gasteiger partial charge in [-0.15, -0.1) is 5.10 Å². The van der Waals surface area contributed by atoms with E-state index in [0.717, 1.165) is 26.1 Å². The Labute approximate surface area is 167 Å². The van der Waals surface area contributed by atoms with E-state index in [1.54, 1.807) is 18.3 Å². The summed E-state index contributed by atoms with van der Waals surface area (Å²) >= 11 is 1.22. The Balaban J connectivity index is 1.37. The largest absolute Gasteiger partial charge is 0.469 e. The number of rotatable bonds is 6. The smallest absolute Gasteiger partial charge is 0.295 e. The van der Waals surface area contributed by atoms with Gasteiger partial charge >= 0.3 is 0 Å². The molecule has 2 aromatic heterocycles. The molecule has 2 aliphatic rings. The lowest BCUT2D eigenvalue weighted by Crippen LogP contribution is -2.38. The summed E-state index contributed by atoms with van der Waals surface area (Å²) in [6.07, 6.45) is 3.68. The van der Waals surface area contributed by atoms with Crippen LogP contribution in [0, 0.1) is 5.92 Å². The van der Waals surface area contributed by atoms with Crippen molar-refractivity contribution in [3.8, 4) is 5.19 Å². The lowest BCUT2D eigenvalue weighted by atomic mass is 10.0. The van der Waals surface area contributed by atoms with E-state index in [9.17, 15) is 4.79 Å². The van der Waals surface area contributed by atoms with Crippen LogP contribution in [0.2, 0.25) is 0 Å². The lowest BCUT2D eigenvalue weighted by Gasteiger charge is -2.28. The summed E-state index contributed by atoms with van der Waals surface area (Å²) in [4.78, 5) is 19.2. The van der Waals surface area contributed by atoms with Gasteiger partial charge in [0.25, 0.3) is 11.1 Å². The molecule has 0 aliphatic carbocycles. The Hall–Kier alpha value is -2.30. The minimum absolute atomic E-state index is 0.262. The second-order valence-electron chi connectivity index (χ2n) is 6.67. The minimum atomic E-state index is -0.262. The number of pyridine rings is 1. The van der Waals surface area contributed by atoms with Crippen LogP contribution >= 0.6 is 11.3 Å². The van der Waals surface area contributed by atoms with Crippen LogP contribution in [0.5, 0.6) is 5.19 Å². The molecule has 0 saturated carbocycles.